The normalized spacial score (nSPS) is 11.0. The van der Waals surface area contributed by atoms with Crippen LogP contribution < -0.4 is 5.73 Å². The molecular formula is C14H21ClN2O11. The molecule has 160 valence electrons. The lowest BCUT2D eigenvalue weighted by Gasteiger charge is -2.06. The fraction of sp³-hybridized carbons (Fsp3) is 0.500. The highest BCUT2D eigenvalue weighted by Gasteiger charge is 2.24. The lowest BCUT2D eigenvalue weighted by Crippen LogP contribution is -2.40. The number of halogens is 1. The van der Waals surface area contributed by atoms with Crippen molar-refractivity contribution in [3.05, 3.63) is 16.4 Å². The van der Waals surface area contributed by atoms with Gasteiger partial charge in [0, 0.05) is 0 Å². The minimum atomic E-state index is -1.41. The number of esters is 4. The van der Waals surface area contributed by atoms with E-state index in [1.165, 1.54) is 0 Å². The van der Waals surface area contributed by atoms with E-state index >= 15 is 0 Å². The molecule has 28 heavy (non-hydrogen) atoms. The van der Waals surface area contributed by atoms with E-state index in [1.807, 2.05) is 0 Å². The summed E-state index contributed by atoms with van der Waals surface area (Å²) in [6.07, 6.45) is -1.13. The maximum absolute atomic E-state index is 11.0. The maximum atomic E-state index is 11.0. The summed E-state index contributed by atoms with van der Waals surface area (Å²) in [4.78, 5) is 63.8. The summed E-state index contributed by atoms with van der Waals surface area (Å²) in [7, 11) is 4.35. The Kier molecular flexibility index (Phi) is 17.1. The molecule has 13 nitrogen and oxygen atoms in total. The van der Waals surface area contributed by atoms with E-state index < -0.39 is 60.0 Å². The average Bonchev–Trinajstić information content (AvgIpc) is 2.66. The lowest BCUT2D eigenvalue weighted by atomic mass is 10.1. The van der Waals surface area contributed by atoms with Gasteiger partial charge in [-0.25, -0.2) is 9.59 Å². The first-order valence-corrected chi connectivity index (χ1v) is 6.92. The van der Waals surface area contributed by atoms with Crippen molar-refractivity contribution in [2.24, 2.45) is 10.9 Å². The van der Waals surface area contributed by atoms with Crippen LogP contribution in [0.5, 0.6) is 0 Å². The number of ether oxygens (including phenoxy) is 4. The third-order valence-electron chi connectivity index (χ3n) is 2.63. The molecule has 0 saturated heterocycles. The van der Waals surface area contributed by atoms with Crippen molar-refractivity contribution in [1.82, 2.24) is 0 Å². The number of rotatable bonds is 8. The Morgan fingerprint density at radius 3 is 1.71 bits per heavy atom. The lowest BCUT2D eigenvalue weighted by molar-refractivity contribution is -0.148. The summed E-state index contributed by atoms with van der Waals surface area (Å²) < 4.78 is 16.8. The van der Waals surface area contributed by atoms with Crippen LogP contribution in [0.2, 0.25) is 0 Å². The Morgan fingerprint density at radius 1 is 0.893 bits per heavy atom. The second kappa shape index (κ2) is 16.1. The van der Waals surface area contributed by atoms with Gasteiger partial charge in [0.25, 0.3) is 0 Å². The van der Waals surface area contributed by atoms with Gasteiger partial charge in [-0.15, -0.1) is 17.3 Å². The number of nitrogens with zero attached hydrogens (tertiary/aromatic N) is 1. The molecule has 0 spiro atoms. The van der Waals surface area contributed by atoms with E-state index in [1.54, 1.807) is 0 Å². The summed E-state index contributed by atoms with van der Waals surface area (Å²) in [5.74, 6) is -5.01. The van der Waals surface area contributed by atoms with Gasteiger partial charge in [0.05, 0.1) is 28.4 Å². The molecule has 0 aliphatic carbocycles. The number of ketones is 1. The second-order valence-electron chi connectivity index (χ2n) is 4.35. The van der Waals surface area contributed by atoms with Crippen LogP contribution in [0, 0.1) is 4.91 Å². The van der Waals surface area contributed by atoms with Crippen LogP contribution in [0.3, 0.4) is 0 Å². The van der Waals surface area contributed by atoms with E-state index in [9.17, 15) is 28.9 Å². The van der Waals surface area contributed by atoms with Crippen LogP contribution in [-0.2, 0) is 42.9 Å². The summed E-state index contributed by atoms with van der Waals surface area (Å²) in [5.41, 5.74) is 4.31. The molecule has 0 saturated carbocycles. The highest BCUT2D eigenvalue weighted by molar-refractivity contribution is 6.08. The Morgan fingerprint density at radius 2 is 1.36 bits per heavy atom. The van der Waals surface area contributed by atoms with E-state index in [2.05, 4.69) is 24.1 Å². The molecule has 0 aromatic heterocycles. The number of hydrogen-bond acceptors (Lipinski definition) is 13. The molecule has 0 aliphatic rings. The molecule has 0 aliphatic heterocycles. The van der Waals surface area contributed by atoms with Gasteiger partial charge in [0.2, 0.25) is 5.70 Å². The Balaban J connectivity index is -0.000000432. The van der Waals surface area contributed by atoms with Crippen LogP contribution >= 0.6 is 12.4 Å². The number of Topliss-reactive ketones (excluding diaryl/α,β-unsaturated/α-hetero) is 1. The zero-order chi connectivity index (χ0) is 21.6. The highest BCUT2D eigenvalue weighted by Crippen LogP contribution is 2.09. The van der Waals surface area contributed by atoms with Gasteiger partial charge < -0.3 is 29.8 Å². The average molecular weight is 429 g/mol. The third kappa shape index (κ3) is 11.5. The number of aliphatic hydroxyl groups excluding tert-OH is 1. The standard InChI is InChI=1S/C7H9NO6.C7H11NO5.ClH/c1-13-5(10)3-4(9)6(8-12)7(11)14-2;1-12-5(10)3-4(9)6(8)7(11)13-2;/h9H,3H2,1-2H3;6H,3,8H2,1-2H3;1H. The number of methoxy groups -OCH3 is 4. The SMILES string of the molecule is COC(=O)CC(=O)C(N)C(=O)OC.COC(=O)CC(O)=C(N=O)C(=O)OC.Cl. The van der Waals surface area contributed by atoms with E-state index in [-0.39, 0.29) is 12.4 Å². The van der Waals surface area contributed by atoms with Gasteiger partial charge >= 0.3 is 23.9 Å². The molecule has 0 heterocycles. The predicted octanol–water partition coefficient (Wildman–Crippen LogP) is -0.701. The van der Waals surface area contributed by atoms with Crippen LogP contribution in [0.1, 0.15) is 12.8 Å². The molecule has 14 heteroatoms. The van der Waals surface area contributed by atoms with E-state index in [0.29, 0.717) is 0 Å². The molecule has 0 rings (SSSR count). The van der Waals surface area contributed by atoms with Crippen molar-refractivity contribution < 1.29 is 48.0 Å². The number of carbonyl (C=O) groups excluding carboxylic acids is 5. The molecule has 0 amide bonds. The molecule has 0 aromatic rings. The zero-order valence-electron chi connectivity index (χ0n) is 15.5. The first-order valence-electron chi connectivity index (χ1n) is 6.92. The Hall–Kier alpha value is -3.06. The summed E-state index contributed by atoms with van der Waals surface area (Å²) in [6, 6.07) is -1.41. The first kappa shape index (κ1) is 29.7. The van der Waals surface area contributed by atoms with Gasteiger partial charge in [-0.05, 0) is 5.18 Å². The highest BCUT2D eigenvalue weighted by atomic mass is 35.5. The molecule has 0 fully saturated rings. The van der Waals surface area contributed by atoms with Gasteiger partial charge in [-0.2, -0.15) is 0 Å². The Bertz CT molecular complexity index is 618. The van der Waals surface area contributed by atoms with Gasteiger partial charge in [-0.1, -0.05) is 0 Å². The van der Waals surface area contributed by atoms with Crippen molar-refractivity contribution >= 4 is 42.1 Å². The van der Waals surface area contributed by atoms with Crippen molar-refractivity contribution in [3.63, 3.8) is 0 Å². The van der Waals surface area contributed by atoms with Gasteiger partial charge in [-0.3, -0.25) is 14.4 Å². The smallest absolute Gasteiger partial charge is 0.363 e. The molecule has 1 atom stereocenters. The Labute approximate surface area is 165 Å². The van der Waals surface area contributed by atoms with Crippen LogP contribution in [0.25, 0.3) is 0 Å². The van der Waals surface area contributed by atoms with Gasteiger partial charge in [0.1, 0.15) is 18.6 Å². The fourth-order valence-corrected chi connectivity index (χ4v) is 1.18. The van der Waals surface area contributed by atoms with Crippen LogP contribution in [-0.4, -0.2) is 69.2 Å². The van der Waals surface area contributed by atoms with Crippen molar-refractivity contribution in [3.8, 4) is 0 Å². The number of carbonyl (C=O) groups is 5. The van der Waals surface area contributed by atoms with E-state index in [4.69, 9.17) is 10.8 Å². The number of nitroso groups, excluding NO2 is 1. The number of hydrogen-bond donors (Lipinski definition) is 2. The topological polar surface area (TPSA) is 198 Å². The molecule has 0 bridgehead atoms. The van der Waals surface area contributed by atoms with Crippen LogP contribution in [0.15, 0.2) is 16.6 Å². The van der Waals surface area contributed by atoms with E-state index in [0.717, 1.165) is 28.4 Å². The molecule has 0 aromatic carbocycles. The predicted molar refractivity (Wildman–Crippen MR) is 93.0 cm³/mol. The quantitative estimate of drug-likeness (QED) is 0.123. The third-order valence-corrected chi connectivity index (χ3v) is 2.63. The summed E-state index contributed by atoms with van der Waals surface area (Å²) in [6.45, 7) is 0. The van der Waals surface area contributed by atoms with Crippen molar-refractivity contribution in [2.75, 3.05) is 28.4 Å². The number of nitrogens with two attached hydrogens (primary N) is 1. The minimum absolute atomic E-state index is 0. The van der Waals surface area contributed by atoms with Crippen LogP contribution in [0.4, 0.5) is 0 Å². The molecular weight excluding hydrogens is 408 g/mol. The minimum Gasteiger partial charge on any atom is -0.509 e. The second-order valence-corrected chi connectivity index (χ2v) is 4.35. The zero-order valence-corrected chi connectivity index (χ0v) is 16.3. The van der Waals surface area contributed by atoms with Gasteiger partial charge in [0.15, 0.2) is 11.8 Å². The largest absolute Gasteiger partial charge is 0.509 e. The monoisotopic (exact) mass is 428 g/mol. The molecule has 3 N–H and O–H groups in total. The van der Waals surface area contributed by atoms with Crippen molar-refractivity contribution in [2.45, 2.75) is 18.9 Å². The summed E-state index contributed by atoms with van der Waals surface area (Å²) >= 11 is 0. The maximum Gasteiger partial charge on any atom is 0.363 e. The fourth-order valence-electron chi connectivity index (χ4n) is 1.18. The first-order chi connectivity index (χ1) is 12.6. The summed E-state index contributed by atoms with van der Waals surface area (Å²) in [5, 5.41) is 11.3. The molecule has 0 radical (unpaired) electrons. The number of aliphatic hydroxyl groups is 1. The molecule has 1 unspecified atom stereocenters. The van der Waals surface area contributed by atoms with Crippen molar-refractivity contribution in [1.29, 1.82) is 0 Å².